The molecule has 1 saturated heterocycles. The minimum atomic E-state index is 0.169. The Balaban J connectivity index is 1.63. The highest BCUT2D eigenvalue weighted by molar-refractivity contribution is 5.91. The van der Waals surface area contributed by atoms with E-state index in [0.717, 1.165) is 42.8 Å². The summed E-state index contributed by atoms with van der Waals surface area (Å²) in [5.41, 5.74) is 0. The van der Waals surface area contributed by atoms with Crippen LogP contribution in [0.15, 0.2) is 30.5 Å². The van der Waals surface area contributed by atoms with Crippen molar-refractivity contribution < 1.29 is 9.53 Å². The zero-order chi connectivity index (χ0) is 16.1. The lowest BCUT2D eigenvalue weighted by atomic mass is 10.1. The molecule has 1 aromatic carbocycles. The maximum Gasteiger partial charge on any atom is 0.225 e. The molecular formula is C17H22N4O2. The molecule has 1 aliphatic rings. The number of aromatic nitrogens is 2. The van der Waals surface area contributed by atoms with E-state index in [0.29, 0.717) is 19.6 Å². The number of benzene rings is 1. The van der Waals surface area contributed by atoms with Crippen LogP contribution in [0.3, 0.4) is 0 Å². The second kappa shape index (κ2) is 7.37. The topological polar surface area (TPSA) is 58.6 Å². The summed E-state index contributed by atoms with van der Waals surface area (Å²) in [6.45, 7) is 6.09. The Morgan fingerprint density at radius 1 is 1.22 bits per heavy atom. The number of ether oxygens (including phenoxy) is 1. The van der Waals surface area contributed by atoms with Crippen molar-refractivity contribution in [1.29, 1.82) is 0 Å². The predicted octanol–water partition coefficient (Wildman–Crippen LogP) is 1.70. The second-order valence-electron chi connectivity index (χ2n) is 5.57. The van der Waals surface area contributed by atoms with Crippen LogP contribution in [0.4, 0.5) is 5.82 Å². The zero-order valence-electron chi connectivity index (χ0n) is 13.4. The van der Waals surface area contributed by atoms with E-state index in [9.17, 15) is 4.79 Å². The van der Waals surface area contributed by atoms with Gasteiger partial charge in [0.2, 0.25) is 5.91 Å². The smallest absolute Gasteiger partial charge is 0.225 e. The standard InChI is InChI=1S/C17H22N4O2/c1-2-23-12-7-16(22)20-8-10-21(11-9-20)17-15-6-4-3-5-14(15)13-18-19-17/h3-6,13H,2,7-12H2,1H3. The molecular weight excluding hydrogens is 292 g/mol. The molecule has 1 aromatic heterocycles. The van der Waals surface area contributed by atoms with Crippen molar-refractivity contribution in [2.45, 2.75) is 13.3 Å². The van der Waals surface area contributed by atoms with Gasteiger partial charge in [-0.1, -0.05) is 24.3 Å². The normalized spacial score (nSPS) is 15.2. The Morgan fingerprint density at radius 3 is 2.78 bits per heavy atom. The highest BCUT2D eigenvalue weighted by Crippen LogP contribution is 2.24. The first kappa shape index (κ1) is 15.7. The lowest BCUT2D eigenvalue weighted by molar-refractivity contribution is -0.132. The summed E-state index contributed by atoms with van der Waals surface area (Å²) in [5, 5.41) is 10.6. The van der Waals surface area contributed by atoms with E-state index in [1.165, 1.54) is 0 Å². The molecule has 0 atom stereocenters. The third-order valence-corrected chi connectivity index (χ3v) is 4.15. The van der Waals surface area contributed by atoms with Crippen LogP contribution in [0, 0.1) is 0 Å². The number of carbonyl (C=O) groups excluding carboxylic acids is 1. The maximum absolute atomic E-state index is 12.1. The van der Waals surface area contributed by atoms with Crippen LogP contribution in [0.1, 0.15) is 13.3 Å². The Bertz CT molecular complexity index is 663. The largest absolute Gasteiger partial charge is 0.381 e. The molecule has 0 bridgehead atoms. The third-order valence-electron chi connectivity index (χ3n) is 4.15. The van der Waals surface area contributed by atoms with Crippen molar-refractivity contribution in [2.75, 3.05) is 44.3 Å². The van der Waals surface area contributed by atoms with E-state index in [2.05, 4.69) is 21.2 Å². The second-order valence-corrected chi connectivity index (χ2v) is 5.57. The fraction of sp³-hybridized carbons (Fsp3) is 0.471. The van der Waals surface area contributed by atoms with Crippen molar-refractivity contribution in [3.63, 3.8) is 0 Å². The van der Waals surface area contributed by atoms with Crippen LogP contribution in [-0.4, -0.2) is 60.4 Å². The number of amides is 1. The van der Waals surface area contributed by atoms with E-state index in [1.807, 2.05) is 30.0 Å². The Kier molecular flexibility index (Phi) is 5.02. The number of hydrogen-bond donors (Lipinski definition) is 0. The van der Waals surface area contributed by atoms with Gasteiger partial charge in [-0.3, -0.25) is 4.79 Å². The Morgan fingerprint density at radius 2 is 2.00 bits per heavy atom. The number of rotatable bonds is 5. The zero-order valence-corrected chi connectivity index (χ0v) is 13.4. The summed E-state index contributed by atoms with van der Waals surface area (Å²) in [6.07, 6.45) is 2.24. The molecule has 122 valence electrons. The van der Waals surface area contributed by atoms with Gasteiger partial charge in [0, 0.05) is 43.6 Å². The first-order valence-corrected chi connectivity index (χ1v) is 8.10. The fourth-order valence-corrected chi connectivity index (χ4v) is 2.88. The number of piperazine rings is 1. The molecule has 2 aromatic rings. The molecule has 0 unspecified atom stereocenters. The molecule has 0 aliphatic carbocycles. The molecule has 0 spiro atoms. The van der Waals surface area contributed by atoms with Gasteiger partial charge < -0.3 is 14.5 Å². The predicted molar refractivity (Wildman–Crippen MR) is 89.4 cm³/mol. The van der Waals surface area contributed by atoms with Gasteiger partial charge in [-0.05, 0) is 6.92 Å². The highest BCUT2D eigenvalue weighted by Gasteiger charge is 2.22. The number of anilines is 1. The number of carbonyl (C=O) groups is 1. The minimum absolute atomic E-state index is 0.169. The molecule has 0 radical (unpaired) electrons. The van der Waals surface area contributed by atoms with Gasteiger partial charge in [0.25, 0.3) is 0 Å². The van der Waals surface area contributed by atoms with Crippen molar-refractivity contribution in [2.24, 2.45) is 0 Å². The Hall–Kier alpha value is -2.21. The van der Waals surface area contributed by atoms with Crippen LogP contribution >= 0.6 is 0 Å². The average molecular weight is 314 g/mol. The quantitative estimate of drug-likeness (QED) is 0.786. The summed E-state index contributed by atoms with van der Waals surface area (Å²) in [4.78, 5) is 16.2. The lowest BCUT2D eigenvalue weighted by Crippen LogP contribution is -2.49. The lowest BCUT2D eigenvalue weighted by Gasteiger charge is -2.35. The first-order valence-electron chi connectivity index (χ1n) is 8.10. The molecule has 6 heteroatoms. The van der Waals surface area contributed by atoms with Crippen LogP contribution in [-0.2, 0) is 9.53 Å². The number of nitrogens with zero attached hydrogens (tertiary/aromatic N) is 4. The van der Waals surface area contributed by atoms with Gasteiger partial charge in [-0.15, -0.1) is 5.10 Å². The minimum Gasteiger partial charge on any atom is -0.381 e. The van der Waals surface area contributed by atoms with Crippen LogP contribution in [0.2, 0.25) is 0 Å². The van der Waals surface area contributed by atoms with Gasteiger partial charge in [0.15, 0.2) is 5.82 Å². The van der Waals surface area contributed by atoms with Crippen LogP contribution in [0.25, 0.3) is 10.8 Å². The van der Waals surface area contributed by atoms with E-state index >= 15 is 0 Å². The van der Waals surface area contributed by atoms with Crippen LogP contribution in [0.5, 0.6) is 0 Å². The number of hydrogen-bond acceptors (Lipinski definition) is 5. The summed E-state index contributed by atoms with van der Waals surface area (Å²) < 4.78 is 5.26. The summed E-state index contributed by atoms with van der Waals surface area (Å²) in [7, 11) is 0. The SMILES string of the molecule is CCOCCC(=O)N1CCN(c2nncc3ccccc23)CC1. The molecule has 3 rings (SSSR count). The van der Waals surface area contributed by atoms with E-state index < -0.39 is 0 Å². The van der Waals surface area contributed by atoms with Crippen molar-refractivity contribution in [3.8, 4) is 0 Å². The number of fused-ring (bicyclic) bond motifs is 1. The van der Waals surface area contributed by atoms with Crippen LogP contribution < -0.4 is 4.90 Å². The first-order chi connectivity index (χ1) is 11.3. The fourth-order valence-electron chi connectivity index (χ4n) is 2.88. The summed E-state index contributed by atoms with van der Waals surface area (Å²) >= 11 is 0. The van der Waals surface area contributed by atoms with Gasteiger partial charge in [-0.2, -0.15) is 5.10 Å². The van der Waals surface area contributed by atoms with Gasteiger partial charge in [0.1, 0.15) is 0 Å². The summed E-state index contributed by atoms with van der Waals surface area (Å²) in [6, 6.07) is 8.13. The molecule has 1 amide bonds. The highest BCUT2D eigenvalue weighted by atomic mass is 16.5. The molecule has 0 N–H and O–H groups in total. The maximum atomic E-state index is 12.1. The third kappa shape index (κ3) is 3.59. The average Bonchev–Trinajstić information content (AvgIpc) is 2.61. The van der Waals surface area contributed by atoms with E-state index in [-0.39, 0.29) is 5.91 Å². The van der Waals surface area contributed by atoms with Gasteiger partial charge in [-0.25, -0.2) is 0 Å². The van der Waals surface area contributed by atoms with E-state index in [4.69, 9.17) is 4.74 Å². The van der Waals surface area contributed by atoms with Crippen molar-refractivity contribution >= 4 is 22.5 Å². The molecule has 23 heavy (non-hydrogen) atoms. The van der Waals surface area contributed by atoms with Gasteiger partial charge in [0.05, 0.1) is 19.2 Å². The van der Waals surface area contributed by atoms with Gasteiger partial charge >= 0.3 is 0 Å². The summed E-state index contributed by atoms with van der Waals surface area (Å²) in [5.74, 6) is 1.08. The van der Waals surface area contributed by atoms with E-state index in [1.54, 1.807) is 6.20 Å². The molecule has 2 heterocycles. The van der Waals surface area contributed by atoms with Crippen molar-refractivity contribution in [3.05, 3.63) is 30.5 Å². The molecule has 6 nitrogen and oxygen atoms in total. The van der Waals surface area contributed by atoms with Crippen molar-refractivity contribution in [1.82, 2.24) is 15.1 Å². The Labute approximate surface area is 136 Å². The monoisotopic (exact) mass is 314 g/mol. The molecule has 1 aliphatic heterocycles. The molecule has 0 saturated carbocycles. The molecule has 1 fully saturated rings.